The molecular formula is C8H12O3. The van der Waals surface area contributed by atoms with Gasteiger partial charge in [-0.3, -0.25) is 0 Å². The van der Waals surface area contributed by atoms with Crippen molar-refractivity contribution in [3.63, 3.8) is 0 Å². The first-order valence-electron chi connectivity index (χ1n) is 3.35. The van der Waals surface area contributed by atoms with Crippen molar-refractivity contribution in [2.24, 2.45) is 0 Å². The number of hydrogen-bond donors (Lipinski definition) is 2. The van der Waals surface area contributed by atoms with Crippen molar-refractivity contribution in [2.45, 2.75) is 19.8 Å². The summed E-state index contributed by atoms with van der Waals surface area (Å²) in [5, 5.41) is 13.9. The van der Waals surface area contributed by atoms with E-state index in [1.807, 2.05) is 0 Å². The van der Waals surface area contributed by atoms with Gasteiger partial charge in [-0.15, -0.1) is 0 Å². The van der Waals surface area contributed by atoms with Crippen molar-refractivity contribution in [3.05, 3.63) is 23.8 Å². The second-order valence-corrected chi connectivity index (χ2v) is 2.24. The Morgan fingerprint density at radius 2 is 2.00 bits per heavy atom. The van der Waals surface area contributed by atoms with E-state index in [2.05, 4.69) is 25.2 Å². The van der Waals surface area contributed by atoms with E-state index < -0.39 is 6.16 Å². The molecule has 3 heteroatoms. The predicted octanol–water partition coefficient (Wildman–Crippen LogP) is 2.51. The van der Waals surface area contributed by atoms with Crippen LogP contribution in [0.3, 0.4) is 0 Å². The molecule has 0 spiro atoms. The molecule has 1 aliphatic carbocycles. The zero-order chi connectivity index (χ0) is 8.69. The lowest BCUT2D eigenvalue weighted by Crippen LogP contribution is -1.81. The summed E-state index contributed by atoms with van der Waals surface area (Å²) in [4.78, 5) is 8.56. The smallest absolute Gasteiger partial charge is 0.450 e. The Morgan fingerprint density at radius 1 is 1.45 bits per heavy atom. The predicted molar refractivity (Wildman–Crippen MR) is 42.8 cm³/mol. The van der Waals surface area contributed by atoms with Crippen LogP contribution in [-0.4, -0.2) is 16.4 Å². The van der Waals surface area contributed by atoms with Crippen LogP contribution in [-0.2, 0) is 0 Å². The molecule has 62 valence electrons. The molecule has 0 saturated carbocycles. The molecule has 0 fully saturated rings. The van der Waals surface area contributed by atoms with Crippen molar-refractivity contribution in [1.82, 2.24) is 0 Å². The summed E-state index contributed by atoms with van der Waals surface area (Å²) in [6, 6.07) is 0. The molecule has 2 N–H and O–H groups in total. The van der Waals surface area contributed by atoms with Gasteiger partial charge in [0.25, 0.3) is 0 Å². The highest BCUT2D eigenvalue weighted by atomic mass is 16.6. The SMILES string of the molecule is CC1=CCC=CC1.O=C(O)O. The summed E-state index contributed by atoms with van der Waals surface area (Å²) in [6.45, 7) is 2.17. The molecule has 1 rings (SSSR count). The van der Waals surface area contributed by atoms with Crippen LogP contribution >= 0.6 is 0 Å². The second-order valence-electron chi connectivity index (χ2n) is 2.24. The number of carbonyl (C=O) groups is 1. The van der Waals surface area contributed by atoms with Crippen LogP contribution in [0.15, 0.2) is 23.8 Å². The second kappa shape index (κ2) is 5.53. The average molecular weight is 156 g/mol. The molecule has 0 aliphatic heterocycles. The van der Waals surface area contributed by atoms with Crippen molar-refractivity contribution in [2.75, 3.05) is 0 Å². The molecule has 0 atom stereocenters. The zero-order valence-electron chi connectivity index (χ0n) is 6.45. The van der Waals surface area contributed by atoms with Crippen LogP contribution in [0.1, 0.15) is 19.8 Å². The van der Waals surface area contributed by atoms with Gasteiger partial charge in [-0.2, -0.15) is 0 Å². The van der Waals surface area contributed by atoms with Gasteiger partial charge in [-0.1, -0.05) is 23.8 Å². The highest BCUT2D eigenvalue weighted by Crippen LogP contribution is 2.07. The number of rotatable bonds is 0. The van der Waals surface area contributed by atoms with Crippen molar-refractivity contribution in [3.8, 4) is 0 Å². The van der Waals surface area contributed by atoms with Gasteiger partial charge in [0.1, 0.15) is 0 Å². The Labute approximate surface area is 65.7 Å². The zero-order valence-corrected chi connectivity index (χ0v) is 6.45. The Kier molecular flexibility index (Phi) is 4.90. The topological polar surface area (TPSA) is 57.5 Å². The van der Waals surface area contributed by atoms with Gasteiger partial charge >= 0.3 is 6.16 Å². The van der Waals surface area contributed by atoms with E-state index in [1.54, 1.807) is 0 Å². The molecular weight excluding hydrogens is 144 g/mol. The van der Waals surface area contributed by atoms with Gasteiger partial charge < -0.3 is 10.2 Å². The van der Waals surface area contributed by atoms with E-state index in [0.29, 0.717) is 0 Å². The molecule has 0 unspecified atom stereocenters. The summed E-state index contributed by atoms with van der Waals surface area (Å²) in [7, 11) is 0. The van der Waals surface area contributed by atoms with Crippen LogP contribution in [0.5, 0.6) is 0 Å². The molecule has 0 saturated heterocycles. The van der Waals surface area contributed by atoms with Crippen molar-refractivity contribution in [1.29, 1.82) is 0 Å². The summed E-state index contributed by atoms with van der Waals surface area (Å²) in [5.41, 5.74) is 1.50. The monoisotopic (exact) mass is 156 g/mol. The minimum absolute atomic E-state index is 1.14. The van der Waals surface area contributed by atoms with E-state index in [-0.39, 0.29) is 0 Å². The van der Waals surface area contributed by atoms with Crippen LogP contribution < -0.4 is 0 Å². The van der Waals surface area contributed by atoms with Crippen LogP contribution in [0, 0.1) is 0 Å². The van der Waals surface area contributed by atoms with Gasteiger partial charge in [0.2, 0.25) is 0 Å². The molecule has 11 heavy (non-hydrogen) atoms. The molecule has 0 bridgehead atoms. The number of hydrogen-bond acceptors (Lipinski definition) is 1. The lowest BCUT2D eigenvalue weighted by atomic mass is 10.1. The lowest BCUT2D eigenvalue weighted by Gasteiger charge is -1.98. The van der Waals surface area contributed by atoms with Crippen LogP contribution in [0.2, 0.25) is 0 Å². The maximum atomic E-state index is 8.56. The van der Waals surface area contributed by atoms with Crippen LogP contribution in [0.25, 0.3) is 0 Å². The third-order valence-electron chi connectivity index (χ3n) is 1.21. The third kappa shape index (κ3) is 8.75. The third-order valence-corrected chi connectivity index (χ3v) is 1.21. The molecule has 0 radical (unpaired) electrons. The quantitative estimate of drug-likeness (QED) is 0.530. The maximum absolute atomic E-state index is 8.56. The van der Waals surface area contributed by atoms with E-state index in [9.17, 15) is 0 Å². The summed E-state index contributed by atoms with van der Waals surface area (Å²) in [5.74, 6) is 0. The first-order chi connectivity index (χ1) is 5.13. The minimum atomic E-state index is -1.83. The molecule has 0 aromatic heterocycles. The highest BCUT2D eigenvalue weighted by molar-refractivity contribution is 5.53. The van der Waals surface area contributed by atoms with Crippen molar-refractivity contribution >= 4 is 6.16 Å². The fourth-order valence-corrected chi connectivity index (χ4v) is 0.718. The van der Waals surface area contributed by atoms with Gasteiger partial charge in [-0.05, 0) is 19.8 Å². The Bertz CT molecular complexity index is 176. The van der Waals surface area contributed by atoms with Gasteiger partial charge in [-0.25, -0.2) is 4.79 Å². The maximum Gasteiger partial charge on any atom is 0.503 e. The average Bonchev–Trinajstić information content (AvgIpc) is 1.87. The van der Waals surface area contributed by atoms with Gasteiger partial charge in [0, 0.05) is 0 Å². The first kappa shape index (κ1) is 9.75. The number of allylic oxidation sites excluding steroid dienone is 4. The van der Waals surface area contributed by atoms with Crippen LogP contribution in [0.4, 0.5) is 4.79 Å². The lowest BCUT2D eigenvalue weighted by molar-refractivity contribution is 0.137. The molecule has 0 amide bonds. The summed E-state index contributed by atoms with van der Waals surface area (Å²) < 4.78 is 0. The Morgan fingerprint density at radius 3 is 2.18 bits per heavy atom. The molecule has 1 aliphatic rings. The molecule has 0 heterocycles. The molecule has 0 aromatic carbocycles. The van der Waals surface area contributed by atoms with E-state index in [4.69, 9.17) is 15.0 Å². The molecule has 3 nitrogen and oxygen atoms in total. The first-order valence-corrected chi connectivity index (χ1v) is 3.35. The summed E-state index contributed by atoms with van der Waals surface area (Å²) in [6.07, 6.45) is 7.16. The largest absolute Gasteiger partial charge is 0.503 e. The standard InChI is InChI=1S/C7H10.CH2O3/c1-7-5-3-2-4-6-7;2-1(3)4/h2-3,6H,4-5H2,1H3;(H2,2,3,4). The summed E-state index contributed by atoms with van der Waals surface area (Å²) >= 11 is 0. The van der Waals surface area contributed by atoms with Gasteiger partial charge in [0.05, 0.1) is 0 Å². The minimum Gasteiger partial charge on any atom is -0.450 e. The Hall–Kier alpha value is -1.25. The van der Waals surface area contributed by atoms with Crippen molar-refractivity contribution < 1.29 is 15.0 Å². The fraction of sp³-hybridized carbons (Fsp3) is 0.375. The van der Waals surface area contributed by atoms with Gasteiger partial charge in [0.15, 0.2) is 0 Å². The Balaban J connectivity index is 0.000000218. The van der Waals surface area contributed by atoms with E-state index in [1.165, 1.54) is 12.0 Å². The van der Waals surface area contributed by atoms with E-state index >= 15 is 0 Å². The van der Waals surface area contributed by atoms with E-state index in [0.717, 1.165) is 6.42 Å². The fourth-order valence-electron chi connectivity index (χ4n) is 0.718. The number of carboxylic acid groups (broad SMARTS) is 2. The normalized spacial score (nSPS) is 14.5. The highest BCUT2D eigenvalue weighted by Gasteiger charge is 1.87. The molecule has 0 aromatic rings.